The van der Waals surface area contributed by atoms with E-state index in [-0.39, 0.29) is 5.78 Å². The van der Waals surface area contributed by atoms with Gasteiger partial charge in [-0.3, -0.25) is 9.20 Å². The Morgan fingerprint density at radius 2 is 2.27 bits per heavy atom. The van der Waals surface area contributed by atoms with Crippen LogP contribution in [0.1, 0.15) is 28.7 Å². The maximum Gasteiger partial charge on any atom is 0.178 e. The Labute approximate surface area is 86.8 Å². The number of aryl methyl sites for hydroxylation is 1. The van der Waals surface area contributed by atoms with Crippen LogP contribution < -0.4 is 0 Å². The Hall–Kier alpha value is -2.15. The van der Waals surface area contributed by atoms with E-state index in [0.29, 0.717) is 22.6 Å². The van der Waals surface area contributed by atoms with Crippen molar-refractivity contribution in [2.45, 2.75) is 13.8 Å². The fourth-order valence-corrected chi connectivity index (χ4v) is 1.65. The molecule has 2 heterocycles. The fourth-order valence-electron chi connectivity index (χ4n) is 1.65. The topological polar surface area (TPSA) is 58.2 Å². The van der Waals surface area contributed by atoms with Crippen LogP contribution in [0, 0.1) is 18.3 Å². The van der Waals surface area contributed by atoms with E-state index in [0.717, 1.165) is 0 Å². The van der Waals surface area contributed by atoms with Crippen LogP contribution in [0.5, 0.6) is 0 Å². The number of rotatable bonds is 1. The largest absolute Gasteiger partial charge is 0.295 e. The molecule has 4 heteroatoms. The molecular formula is C11H9N3O. The van der Waals surface area contributed by atoms with Gasteiger partial charge in [-0.1, -0.05) is 0 Å². The second-order valence-electron chi connectivity index (χ2n) is 3.36. The molecule has 0 unspecified atom stereocenters. The molecule has 4 nitrogen and oxygen atoms in total. The lowest BCUT2D eigenvalue weighted by Gasteiger charge is -1.98. The third-order valence-corrected chi connectivity index (χ3v) is 2.26. The summed E-state index contributed by atoms with van der Waals surface area (Å²) in [7, 11) is 0. The fraction of sp³-hybridized carbons (Fsp3) is 0.182. The zero-order chi connectivity index (χ0) is 11.0. The molecule has 0 spiro atoms. The van der Waals surface area contributed by atoms with E-state index in [4.69, 9.17) is 5.26 Å². The van der Waals surface area contributed by atoms with Gasteiger partial charge in [-0.2, -0.15) is 5.26 Å². The van der Waals surface area contributed by atoms with Crippen LogP contribution in [0.2, 0.25) is 0 Å². The first-order valence-corrected chi connectivity index (χ1v) is 4.53. The van der Waals surface area contributed by atoms with Gasteiger partial charge in [-0.25, -0.2) is 4.98 Å². The maximum absolute atomic E-state index is 11.4. The van der Waals surface area contributed by atoms with Gasteiger partial charge in [-0.15, -0.1) is 0 Å². The number of imidazole rings is 1. The lowest BCUT2D eigenvalue weighted by molar-refractivity contribution is 0.101. The van der Waals surface area contributed by atoms with Crippen molar-refractivity contribution in [3.63, 3.8) is 0 Å². The summed E-state index contributed by atoms with van der Waals surface area (Å²) in [5, 5.41) is 8.76. The third-order valence-electron chi connectivity index (χ3n) is 2.26. The highest BCUT2D eigenvalue weighted by atomic mass is 16.1. The average molecular weight is 199 g/mol. The Morgan fingerprint density at radius 1 is 1.53 bits per heavy atom. The molecule has 2 aromatic rings. The molecule has 0 fully saturated rings. The number of carbonyl (C=O) groups is 1. The average Bonchev–Trinajstić information content (AvgIpc) is 2.52. The van der Waals surface area contributed by atoms with Gasteiger partial charge in [0.15, 0.2) is 5.78 Å². The normalized spacial score (nSPS) is 10.2. The molecule has 0 saturated heterocycles. The molecule has 0 aliphatic rings. The number of nitriles is 1. The minimum absolute atomic E-state index is 0.0462. The monoisotopic (exact) mass is 199 g/mol. The van der Waals surface area contributed by atoms with E-state index >= 15 is 0 Å². The summed E-state index contributed by atoms with van der Waals surface area (Å²) < 4.78 is 1.66. The quantitative estimate of drug-likeness (QED) is 0.657. The molecule has 0 amide bonds. The number of nitrogens with zero attached hydrogens (tertiary/aromatic N) is 3. The molecule has 0 atom stereocenters. The molecular weight excluding hydrogens is 190 g/mol. The Morgan fingerprint density at radius 3 is 2.87 bits per heavy atom. The zero-order valence-electron chi connectivity index (χ0n) is 8.48. The number of carbonyl (C=O) groups excluding carboxylic acids is 1. The van der Waals surface area contributed by atoms with Crippen molar-refractivity contribution in [3.8, 4) is 6.07 Å². The first-order chi connectivity index (χ1) is 7.13. The molecule has 15 heavy (non-hydrogen) atoms. The van der Waals surface area contributed by atoms with Crippen molar-refractivity contribution in [1.82, 2.24) is 9.38 Å². The summed E-state index contributed by atoms with van der Waals surface area (Å²) in [6.07, 6.45) is 1.63. The van der Waals surface area contributed by atoms with Crippen molar-refractivity contribution < 1.29 is 4.79 Å². The van der Waals surface area contributed by atoms with Gasteiger partial charge >= 0.3 is 0 Å². The summed E-state index contributed by atoms with van der Waals surface area (Å²) in [5.41, 5.74) is 2.44. The highest BCUT2D eigenvalue weighted by Gasteiger charge is 2.12. The van der Waals surface area contributed by atoms with Gasteiger partial charge in [0.25, 0.3) is 0 Å². The number of hydrogen-bond acceptors (Lipinski definition) is 3. The van der Waals surface area contributed by atoms with Crippen LogP contribution in [0.15, 0.2) is 18.3 Å². The van der Waals surface area contributed by atoms with Crippen molar-refractivity contribution in [2.24, 2.45) is 0 Å². The van der Waals surface area contributed by atoms with Gasteiger partial charge in [0.05, 0.1) is 11.3 Å². The lowest BCUT2D eigenvalue weighted by atomic mass is 10.2. The van der Waals surface area contributed by atoms with Crippen LogP contribution in [-0.2, 0) is 0 Å². The smallest absolute Gasteiger partial charge is 0.178 e. The molecule has 0 saturated carbocycles. The standard InChI is InChI=1S/C11H9N3O/c1-7-11(8(2)15)14-6-9(5-12)3-4-10(14)13-7/h3-4,6H,1-2H3. The highest BCUT2D eigenvalue weighted by molar-refractivity contribution is 5.94. The van der Waals surface area contributed by atoms with E-state index in [1.54, 1.807) is 29.7 Å². The summed E-state index contributed by atoms with van der Waals surface area (Å²) in [4.78, 5) is 15.6. The minimum atomic E-state index is -0.0462. The molecule has 0 bridgehead atoms. The van der Waals surface area contributed by atoms with Crippen molar-refractivity contribution >= 4 is 11.4 Å². The van der Waals surface area contributed by atoms with Crippen LogP contribution in [0.25, 0.3) is 5.65 Å². The molecule has 0 radical (unpaired) electrons. The number of aromatic nitrogens is 2. The van der Waals surface area contributed by atoms with Crippen LogP contribution in [0.3, 0.4) is 0 Å². The number of Topliss-reactive ketones (excluding diaryl/α,β-unsaturated/α-hetero) is 1. The number of pyridine rings is 1. The SMILES string of the molecule is CC(=O)c1c(C)nc2ccc(C#N)cn12. The predicted octanol–water partition coefficient (Wildman–Crippen LogP) is 1.72. The minimum Gasteiger partial charge on any atom is -0.295 e. The van der Waals surface area contributed by atoms with Gasteiger partial charge in [0, 0.05) is 13.1 Å². The molecule has 2 aromatic heterocycles. The van der Waals surface area contributed by atoms with Gasteiger partial charge in [-0.05, 0) is 19.1 Å². The maximum atomic E-state index is 11.4. The molecule has 2 rings (SSSR count). The molecule has 0 N–H and O–H groups in total. The molecule has 0 aromatic carbocycles. The number of fused-ring (bicyclic) bond motifs is 1. The summed E-state index contributed by atoms with van der Waals surface area (Å²) in [6, 6.07) is 5.45. The summed E-state index contributed by atoms with van der Waals surface area (Å²) >= 11 is 0. The summed E-state index contributed by atoms with van der Waals surface area (Å²) in [5.74, 6) is -0.0462. The van der Waals surface area contributed by atoms with E-state index in [1.165, 1.54) is 6.92 Å². The van der Waals surface area contributed by atoms with Gasteiger partial charge in [0.1, 0.15) is 17.4 Å². The molecule has 74 valence electrons. The van der Waals surface area contributed by atoms with Crippen LogP contribution in [0.4, 0.5) is 0 Å². The second kappa shape index (κ2) is 3.21. The summed E-state index contributed by atoms with van der Waals surface area (Å²) in [6.45, 7) is 3.28. The Kier molecular flexibility index (Phi) is 2.01. The first-order valence-electron chi connectivity index (χ1n) is 4.53. The van der Waals surface area contributed by atoms with E-state index in [1.807, 2.05) is 6.07 Å². The molecule has 0 aliphatic heterocycles. The van der Waals surface area contributed by atoms with E-state index < -0.39 is 0 Å². The Bertz CT molecular complexity index is 590. The Balaban J connectivity index is 2.85. The van der Waals surface area contributed by atoms with Crippen LogP contribution in [-0.4, -0.2) is 15.2 Å². The van der Waals surface area contributed by atoms with Crippen molar-refractivity contribution in [1.29, 1.82) is 5.26 Å². The van der Waals surface area contributed by atoms with Crippen LogP contribution >= 0.6 is 0 Å². The van der Waals surface area contributed by atoms with Gasteiger partial charge in [0.2, 0.25) is 0 Å². The number of ketones is 1. The van der Waals surface area contributed by atoms with E-state index in [9.17, 15) is 4.79 Å². The zero-order valence-corrected chi connectivity index (χ0v) is 8.48. The van der Waals surface area contributed by atoms with Crippen molar-refractivity contribution in [3.05, 3.63) is 35.3 Å². The lowest BCUT2D eigenvalue weighted by Crippen LogP contribution is -2.00. The predicted molar refractivity (Wildman–Crippen MR) is 54.6 cm³/mol. The van der Waals surface area contributed by atoms with E-state index in [2.05, 4.69) is 4.98 Å². The van der Waals surface area contributed by atoms with Crippen molar-refractivity contribution in [2.75, 3.05) is 0 Å². The van der Waals surface area contributed by atoms with Gasteiger partial charge < -0.3 is 0 Å². The first kappa shape index (κ1) is 9.41. The number of hydrogen-bond donors (Lipinski definition) is 0. The second-order valence-corrected chi connectivity index (χ2v) is 3.36. The highest BCUT2D eigenvalue weighted by Crippen LogP contribution is 2.13. The molecule has 0 aliphatic carbocycles. The third kappa shape index (κ3) is 1.38.